The van der Waals surface area contributed by atoms with Crippen LogP contribution in [0.15, 0.2) is 4.99 Å². The number of nitrogens with one attached hydrogen (secondary N) is 2. The van der Waals surface area contributed by atoms with Crippen LogP contribution in [0.3, 0.4) is 0 Å². The highest BCUT2D eigenvalue weighted by molar-refractivity contribution is 14.0. The molecule has 0 spiro atoms. The fourth-order valence-electron chi connectivity index (χ4n) is 3.93. The highest BCUT2D eigenvalue weighted by atomic mass is 127. The molecule has 25 heavy (non-hydrogen) atoms. The quantitative estimate of drug-likeness (QED) is 0.274. The van der Waals surface area contributed by atoms with Gasteiger partial charge < -0.3 is 20.4 Å². The van der Waals surface area contributed by atoms with Gasteiger partial charge in [-0.1, -0.05) is 6.42 Å². The second kappa shape index (κ2) is 12.3. The van der Waals surface area contributed by atoms with Gasteiger partial charge in [-0.2, -0.15) is 0 Å². The van der Waals surface area contributed by atoms with Gasteiger partial charge in [0.25, 0.3) is 0 Å². The molecule has 2 aliphatic rings. The lowest BCUT2D eigenvalue weighted by Crippen LogP contribution is -2.50. The van der Waals surface area contributed by atoms with Crippen molar-refractivity contribution in [1.29, 1.82) is 0 Å². The average Bonchev–Trinajstić information content (AvgIpc) is 2.59. The Morgan fingerprint density at radius 1 is 1.12 bits per heavy atom. The number of aliphatic imine (C=N–C) groups is 1. The van der Waals surface area contributed by atoms with Gasteiger partial charge in [-0.15, -0.1) is 24.0 Å². The molecule has 0 aromatic heterocycles. The van der Waals surface area contributed by atoms with Gasteiger partial charge in [0.2, 0.25) is 0 Å². The SMILES string of the molecule is CN=C(NCCCN1CCCCC1C)NC1CCN(C(C)C)CC1.I. The second-order valence-electron chi connectivity index (χ2n) is 7.78. The van der Waals surface area contributed by atoms with E-state index >= 15 is 0 Å². The molecule has 2 N–H and O–H groups in total. The van der Waals surface area contributed by atoms with E-state index in [9.17, 15) is 0 Å². The summed E-state index contributed by atoms with van der Waals surface area (Å²) in [6.45, 7) is 12.8. The van der Waals surface area contributed by atoms with Crippen molar-refractivity contribution >= 4 is 29.9 Å². The summed E-state index contributed by atoms with van der Waals surface area (Å²) in [5.41, 5.74) is 0. The van der Waals surface area contributed by atoms with Gasteiger partial charge in [-0.05, 0) is 59.4 Å². The maximum absolute atomic E-state index is 4.40. The van der Waals surface area contributed by atoms with Gasteiger partial charge in [-0.3, -0.25) is 4.99 Å². The predicted molar refractivity (Wildman–Crippen MR) is 119 cm³/mol. The van der Waals surface area contributed by atoms with Gasteiger partial charge in [-0.25, -0.2) is 0 Å². The van der Waals surface area contributed by atoms with Gasteiger partial charge in [0.15, 0.2) is 5.96 Å². The Labute approximate surface area is 172 Å². The number of nitrogens with zero attached hydrogens (tertiary/aromatic N) is 3. The molecule has 2 aliphatic heterocycles. The Morgan fingerprint density at radius 2 is 1.84 bits per heavy atom. The van der Waals surface area contributed by atoms with E-state index in [0.717, 1.165) is 18.5 Å². The van der Waals surface area contributed by atoms with Crippen LogP contribution in [0.5, 0.6) is 0 Å². The van der Waals surface area contributed by atoms with E-state index in [1.165, 1.54) is 64.7 Å². The highest BCUT2D eigenvalue weighted by Crippen LogP contribution is 2.16. The van der Waals surface area contributed by atoms with Crippen molar-refractivity contribution in [2.45, 2.75) is 77.4 Å². The normalized spacial score (nSPS) is 24.2. The summed E-state index contributed by atoms with van der Waals surface area (Å²) in [6, 6.07) is 2.00. The van der Waals surface area contributed by atoms with Crippen LogP contribution in [-0.2, 0) is 0 Å². The molecule has 5 nitrogen and oxygen atoms in total. The molecule has 2 saturated heterocycles. The molecule has 6 heteroatoms. The standard InChI is InChI=1S/C19H39N5.HI/c1-16(2)23-14-9-18(10-15-23)22-19(20-4)21-11-7-13-24-12-6-5-8-17(24)3;/h16-18H,5-15H2,1-4H3,(H2,20,21,22);1H. The Balaban J connectivity index is 0.00000312. The zero-order valence-electron chi connectivity index (χ0n) is 16.8. The molecule has 1 unspecified atom stereocenters. The van der Waals surface area contributed by atoms with E-state index in [-0.39, 0.29) is 24.0 Å². The molecular formula is C19H40IN5. The molecule has 0 saturated carbocycles. The lowest BCUT2D eigenvalue weighted by atomic mass is 10.0. The zero-order chi connectivity index (χ0) is 17.4. The third-order valence-electron chi connectivity index (χ3n) is 5.68. The third kappa shape index (κ3) is 7.99. The number of hydrogen-bond donors (Lipinski definition) is 2. The van der Waals surface area contributed by atoms with Crippen LogP contribution in [0.4, 0.5) is 0 Å². The minimum Gasteiger partial charge on any atom is -0.356 e. The molecular weight excluding hydrogens is 425 g/mol. The first-order valence-corrected chi connectivity index (χ1v) is 10.1. The van der Waals surface area contributed by atoms with Crippen LogP contribution >= 0.6 is 24.0 Å². The largest absolute Gasteiger partial charge is 0.356 e. The molecule has 0 aromatic rings. The second-order valence-corrected chi connectivity index (χ2v) is 7.78. The Hall–Kier alpha value is -0.0800. The number of piperidine rings is 2. The van der Waals surface area contributed by atoms with E-state index in [1.807, 2.05) is 7.05 Å². The predicted octanol–water partition coefficient (Wildman–Crippen LogP) is 2.91. The van der Waals surface area contributed by atoms with Crippen molar-refractivity contribution in [3.8, 4) is 0 Å². The molecule has 0 amide bonds. The first kappa shape index (κ1) is 23.0. The highest BCUT2D eigenvalue weighted by Gasteiger charge is 2.21. The van der Waals surface area contributed by atoms with Crippen molar-refractivity contribution in [3.63, 3.8) is 0 Å². The molecule has 0 aliphatic carbocycles. The molecule has 0 aromatic carbocycles. The van der Waals surface area contributed by atoms with Crippen LogP contribution in [-0.4, -0.2) is 73.7 Å². The Morgan fingerprint density at radius 3 is 2.44 bits per heavy atom. The number of likely N-dealkylation sites (tertiary alicyclic amines) is 2. The monoisotopic (exact) mass is 465 g/mol. The summed E-state index contributed by atoms with van der Waals surface area (Å²) < 4.78 is 0. The first-order valence-electron chi connectivity index (χ1n) is 10.1. The maximum atomic E-state index is 4.40. The summed E-state index contributed by atoms with van der Waals surface area (Å²) in [5.74, 6) is 0.977. The van der Waals surface area contributed by atoms with E-state index < -0.39 is 0 Å². The van der Waals surface area contributed by atoms with Gasteiger partial charge >= 0.3 is 0 Å². The molecule has 2 rings (SSSR count). The minimum absolute atomic E-state index is 0. The minimum atomic E-state index is 0. The van der Waals surface area contributed by atoms with Crippen molar-refractivity contribution < 1.29 is 0 Å². The summed E-state index contributed by atoms with van der Waals surface area (Å²) in [5, 5.41) is 7.11. The van der Waals surface area contributed by atoms with E-state index in [1.54, 1.807) is 0 Å². The van der Waals surface area contributed by atoms with E-state index in [0.29, 0.717) is 12.1 Å². The van der Waals surface area contributed by atoms with Crippen molar-refractivity contribution in [2.75, 3.05) is 39.8 Å². The van der Waals surface area contributed by atoms with Crippen LogP contribution in [0.2, 0.25) is 0 Å². The number of hydrogen-bond acceptors (Lipinski definition) is 3. The topological polar surface area (TPSA) is 42.9 Å². The fraction of sp³-hybridized carbons (Fsp3) is 0.947. The van der Waals surface area contributed by atoms with Gasteiger partial charge in [0.1, 0.15) is 0 Å². The smallest absolute Gasteiger partial charge is 0.191 e. The number of rotatable bonds is 6. The van der Waals surface area contributed by atoms with Crippen LogP contribution in [0.1, 0.15) is 59.3 Å². The van der Waals surface area contributed by atoms with Crippen molar-refractivity contribution in [2.24, 2.45) is 4.99 Å². The van der Waals surface area contributed by atoms with Gasteiger partial charge in [0.05, 0.1) is 0 Å². The van der Waals surface area contributed by atoms with Crippen LogP contribution < -0.4 is 10.6 Å². The molecule has 0 radical (unpaired) electrons. The first-order chi connectivity index (χ1) is 11.6. The Kier molecular flexibility index (Phi) is 11.3. The van der Waals surface area contributed by atoms with Crippen LogP contribution in [0, 0.1) is 0 Å². The molecule has 0 bridgehead atoms. The molecule has 2 fully saturated rings. The molecule has 148 valence electrons. The summed E-state index contributed by atoms with van der Waals surface area (Å²) in [6.07, 6.45) is 7.76. The Bertz CT molecular complexity index is 380. The van der Waals surface area contributed by atoms with Crippen molar-refractivity contribution in [3.05, 3.63) is 0 Å². The van der Waals surface area contributed by atoms with Gasteiger partial charge in [0, 0.05) is 51.4 Å². The molecule has 2 heterocycles. The number of halogens is 1. The number of guanidine groups is 1. The zero-order valence-corrected chi connectivity index (χ0v) is 19.1. The average molecular weight is 465 g/mol. The fourth-order valence-corrected chi connectivity index (χ4v) is 3.93. The lowest BCUT2D eigenvalue weighted by Gasteiger charge is -2.35. The lowest BCUT2D eigenvalue weighted by molar-refractivity contribution is 0.159. The van der Waals surface area contributed by atoms with Crippen LogP contribution in [0.25, 0.3) is 0 Å². The summed E-state index contributed by atoms with van der Waals surface area (Å²) >= 11 is 0. The van der Waals surface area contributed by atoms with E-state index in [4.69, 9.17) is 0 Å². The summed E-state index contributed by atoms with van der Waals surface area (Å²) in [4.78, 5) is 9.61. The third-order valence-corrected chi connectivity index (χ3v) is 5.68. The van der Waals surface area contributed by atoms with E-state index in [2.05, 4.69) is 46.2 Å². The molecule has 1 atom stereocenters. The maximum Gasteiger partial charge on any atom is 0.191 e. The summed E-state index contributed by atoms with van der Waals surface area (Å²) in [7, 11) is 1.88. The van der Waals surface area contributed by atoms with Crippen molar-refractivity contribution in [1.82, 2.24) is 20.4 Å².